The maximum Gasteiger partial charge on any atom is 0.302 e. The third-order valence-electron chi connectivity index (χ3n) is 1.71. The fourth-order valence-electron chi connectivity index (χ4n) is 1.02. The minimum atomic E-state index is -2.36. The van der Waals surface area contributed by atoms with Gasteiger partial charge in [-0.05, 0) is 11.4 Å². The van der Waals surface area contributed by atoms with Gasteiger partial charge in [0.2, 0.25) is 5.89 Å². The van der Waals surface area contributed by atoms with Gasteiger partial charge in [-0.3, -0.25) is 0 Å². The summed E-state index contributed by atoms with van der Waals surface area (Å²) in [5.41, 5.74) is 0. The minimum absolute atomic E-state index is 0.172. The Balaban J connectivity index is 2.18. The van der Waals surface area contributed by atoms with E-state index in [1.807, 2.05) is 0 Å². The van der Waals surface area contributed by atoms with E-state index in [-0.39, 0.29) is 11.8 Å². The second kappa shape index (κ2) is 4.48. The zero-order chi connectivity index (χ0) is 11.5. The summed E-state index contributed by atoms with van der Waals surface area (Å²) in [6.07, 6.45) is -3.04. The van der Waals surface area contributed by atoms with Crippen LogP contribution in [-0.4, -0.2) is 10.2 Å². The second-order valence-corrected chi connectivity index (χ2v) is 3.77. The summed E-state index contributed by atoms with van der Waals surface area (Å²) in [7, 11) is 0. The molecule has 7 heteroatoms. The summed E-state index contributed by atoms with van der Waals surface area (Å²) in [4.78, 5) is 0.712. The molecule has 0 radical (unpaired) electrons. The molecule has 16 heavy (non-hydrogen) atoms. The van der Waals surface area contributed by atoms with Gasteiger partial charge in [0, 0.05) is 0 Å². The Morgan fingerprint density at radius 1 is 1.31 bits per heavy atom. The number of thiophene rings is 1. The molecule has 0 saturated carbocycles. The molecule has 0 saturated heterocycles. The van der Waals surface area contributed by atoms with E-state index in [0.29, 0.717) is 4.88 Å². The van der Waals surface area contributed by atoms with Crippen molar-refractivity contribution in [1.29, 1.82) is 0 Å². The number of halogens is 3. The molecule has 2 aromatic rings. The van der Waals surface area contributed by atoms with Gasteiger partial charge in [0.25, 0.3) is 5.89 Å². The normalized spacial score (nSPS) is 10.4. The molecular formula is C9H5F3N2OS. The van der Waals surface area contributed by atoms with Crippen LogP contribution in [0.15, 0.2) is 33.8 Å². The van der Waals surface area contributed by atoms with Gasteiger partial charge in [0.05, 0.1) is 11.3 Å². The lowest BCUT2D eigenvalue weighted by Gasteiger charge is -1.89. The highest BCUT2D eigenvalue weighted by atomic mass is 32.1. The SMILES string of the molecule is FC(F)=C(F)Cc1nnc(-c2cccs2)o1. The van der Waals surface area contributed by atoms with E-state index in [4.69, 9.17) is 4.42 Å². The number of aromatic nitrogens is 2. The smallest absolute Gasteiger partial charge is 0.302 e. The average molecular weight is 246 g/mol. The van der Waals surface area contributed by atoms with Gasteiger partial charge in [-0.25, -0.2) is 4.39 Å². The third-order valence-corrected chi connectivity index (χ3v) is 2.57. The van der Waals surface area contributed by atoms with E-state index >= 15 is 0 Å². The van der Waals surface area contributed by atoms with E-state index in [1.165, 1.54) is 11.3 Å². The zero-order valence-corrected chi connectivity index (χ0v) is 8.60. The molecule has 0 aliphatic rings. The predicted octanol–water partition coefficient (Wildman–Crippen LogP) is 3.42. The van der Waals surface area contributed by atoms with Gasteiger partial charge < -0.3 is 4.42 Å². The summed E-state index contributed by atoms with van der Waals surface area (Å²) in [5, 5.41) is 8.91. The molecule has 0 N–H and O–H groups in total. The third kappa shape index (κ3) is 2.30. The molecule has 2 rings (SSSR count). The van der Waals surface area contributed by atoms with Gasteiger partial charge in [-0.15, -0.1) is 21.5 Å². The Bertz CT molecular complexity index is 503. The van der Waals surface area contributed by atoms with Crippen LogP contribution in [0.5, 0.6) is 0 Å². The van der Waals surface area contributed by atoms with E-state index in [2.05, 4.69) is 10.2 Å². The number of rotatable bonds is 3. The van der Waals surface area contributed by atoms with E-state index < -0.39 is 18.3 Å². The van der Waals surface area contributed by atoms with Crippen LogP contribution in [0, 0.1) is 0 Å². The topological polar surface area (TPSA) is 38.9 Å². The second-order valence-electron chi connectivity index (χ2n) is 2.82. The van der Waals surface area contributed by atoms with Crippen LogP contribution in [0.1, 0.15) is 5.89 Å². The highest BCUT2D eigenvalue weighted by Crippen LogP contribution is 2.24. The minimum Gasteiger partial charge on any atom is -0.419 e. The molecule has 0 bridgehead atoms. The van der Waals surface area contributed by atoms with Crippen molar-refractivity contribution in [3.63, 3.8) is 0 Å². The maximum absolute atomic E-state index is 12.6. The molecule has 2 aromatic heterocycles. The molecule has 0 unspecified atom stereocenters. The van der Waals surface area contributed by atoms with Gasteiger partial charge in [-0.2, -0.15) is 8.78 Å². The Labute approximate surface area is 92.2 Å². The molecule has 0 atom stereocenters. The molecule has 0 amide bonds. The monoisotopic (exact) mass is 246 g/mol. The quantitative estimate of drug-likeness (QED) is 0.832. The lowest BCUT2D eigenvalue weighted by Crippen LogP contribution is -1.86. The summed E-state index contributed by atoms with van der Waals surface area (Å²) in [6.45, 7) is 0. The summed E-state index contributed by atoms with van der Waals surface area (Å²) in [5.74, 6) is -1.52. The molecule has 2 heterocycles. The molecule has 0 aliphatic heterocycles. The van der Waals surface area contributed by atoms with Crippen molar-refractivity contribution in [3.8, 4) is 10.8 Å². The molecular weight excluding hydrogens is 241 g/mol. The Kier molecular flexibility index (Phi) is 3.04. The van der Waals surface area contributed by atoms with Gasteiger partial charge in [-0.1, -0.05) is 6.07 Å². The highest BCUT2D eigenvalue weighted by molar-refractivity contribution is 7.13. The molecule has 3 nitrogen and oxygen atoms in total. The predicted molar refractivity (Wildman–Crippen MR) is 51.7 cm³/mol. The van der Waals surface area contributed by atoms with Gasteiger partial charge in [0.1, 0.15) is 0 Å². The van der Waals surface area contributed by atoms with E-state index in [9.17, 15) is 13.2 Å². The van der Waals surface area contributed by atoms with Crippen molar-refractivity contribution >= 4 is 11.3 Å². The van der Waals surface area contributed by atoms with E-state index in [0.717, 1.165) is 0 Å². The standard InChI is InChI=1S/C9H5F3N2OS/c10-5(8(11)12)4-7-13-14-9(15-7)6-2-1-3-16-6/h1-3H,4H2. The van der Waals surface area contributed by atoms with Crippen LogP contribution in [0.3, 0.4) is 0 Å². The number of nitrogens with zero attached hydrogens (tertiary/aromatic N) is 2. The van der Waals surface area contributed by atoms with Crippen molar-refractivity contribution in [3.05, 3.63) is 35.3 Å². The van der Waals surface area contributed by atoms with E-state index in [1.54, 1.807) is 17.5 Å². The lowest BCUT2D eigenvalue weighted by molar-refractivity contribution is 0.366. The number of hydrogen-bond donors (Lipinski definition) is 0. The molecule has 0 aromatic carbocycles. The van der Waals surface area contributed by atoms with Crippen molar-refractivity contribution in [1.82, 2.24) is 10.2 Å². The fourth-order valence-corrected chi connectivity index (χ4v) is 1.67. The van der Waals surface area contributed by atoms with Crippen molar-refractivity contribution in [2.45, 2.75) is 6.42 Å². The Hall–Kier alpha value is -1.63. The van der Waals surface area contributed by atoms with Crippen LogP contribution in [0.25, 0.3) is 10.8 Å². The van der Waals surface area contributed by atoms with Gasteiger partial charge in [0.15, 0.2) is 5.83 Å². The molecule has 84 valence electrons. The number of hydrogen-bond acceptors (Lipinski definition) is 4. The van der Waals surface area contributed by atoms with Crippen molar-refractivity contribution in [2.24, 2.45) is 0 Å². The molecule has 0 aliphatic carbocycles. The first-order chi connectivity index (χ1) is 7.66. The van der Waals surface area contributed by atoms with Crippen LogP contribution < -0.4 is 0 Å². The number of allylic oxidation sites excluding steroid dienone is 1. The van der Waals surface area contributed by atoms with Crippen molar-refractivity contribution < 1.29 is 17.6 Å². The largest absolute Gasteiger partial charge is 0.419 e. The average Bonchev–Trinajstić information content (AvgIpc) is 2.85. The van der Waals surface area contributed by atoms with Crippen LogP contribution in [0.2, 0.25) is 0 Å². The highest BCUT2D eigenvalue weighted by Gasteiger charge is 2.13. The van der Waals surface area contributed by atoms with Crippen molar-refractivity contribution in [2.75, 3.05) is 0 Å². The maximum atomic E-state index is 12.6. The Morgan fingerprint density at radius 3 is 2.75 bits per heavy atom. The fraction of sp³-hybridized carbons (Fsp3) is 0.111. The summed E-state index contributed by atoms with van der Waals surface area (Å²) >= 11 is 1.36. The molecule has 0 spiro atoms. The van der Waals surface area contributed by atoms with Crippen LogP contribution in [0.4, 0.5) is 13.2 Å². The first kappa shape index (κ1) is 10.9. The molecule has 0 fully saturated rings. The first-order valence-electron chi connectivity index (χ1n) is 4.22. The van der Waals surface area contributed by atoms with Gasteiger partial charge >= 0.3 is 6.08 Å². The lowest BCUT2D eigenvalue weighted by atomic mass is 10.4. The van der Waals surface area contributed by atoms with Crippen LogP contribution in [-0.2, 0) is 6.42 Å². The Morgan fingerprint density at radius 2 is 2.12 bits per heavy atom. The zero-order valence-electron chi connectivity index (χ0n) is 7.78. The van der Waals surface area contributed by atoms with Crippen LogP contribution >= 0.6 is 11.3 Å². The summed E-state index contributed by atoms with van der Waals surface area (Å²) in [6, 6.07) is 3.52. The summed E-state index contributed by atoms with van der Waals surface area (Å²) < 4.78 is 41.2. The first-order valence-corrected chi connectivity index (χ1v) is 5.10.